The van der Waals surface area contributed by atoms with Crippen molar-refractivity contribution in [3.05, 3.63) is 96.1 Å². The average Bonchev–Trinajstić information content (AvgIpc) is 3.44. The Morgan fingerprint density at radius 1 is 0.923 bits per heavy atom. The van der Waals surface area contributed by atoms with Gasteiger partial charge in [0.1, 0.15) is 11.6 Å². The molecule has 3 aromatic carbocycles. The number of anilines is 2. The van der Waals surface area contributed by atoms with Gasteiger partial charge in [-0.2, -0.15) is 0 Å². The van der Waals surface area contributed by atoms with Crippen LogP contribution in [0.4, 0.5) is 15.8 Å². The molecule has 0 spiro atoms. The minimum Gasteiger partial charge on any atom is -0.484 e. The van der Waals surface area contributed by atoms with Crippen molar-refractivity contribution in [2.75, 3.05) is 42.1 Å². The predicted octanol–water partition coefficient (Wildman–Crippen LogP) is 4.48. The third kappa shape index (κ3) is 7.14. The summed E-state index contributed by atoms with van der Waals surface area (Å²) in [7, 11) is 0. The number of hydrogen-bond acceptors (Lipinski definition) is 8. The van der Waals surface area contributed by atoms with Gasteiger partial charge in [0.25, 0.3) is 17.0 Å². The number of benzene rings is 3. The van der Waals surface area contributed by atoms with Crippen molar-refractivity contribution < 1.29 is 23.1 Å². The zero-order chi connectivity index (χ0) is 27.0. The topological polar surface area (TPSA) is 101 Å². The van der Waals surface area contributed by atoms with E-state index in [0.29, 0.717) is 54.3 Å². The summed E-state index contributed by atoms with van der Waals surface area (Å²) in [5.74, 6) is 0.504. The summed E-state index contributed by atoms with van der Waals surface area (Å²) in [6.45, 7) is 2.65. The molecule has 0 bridgehead atoms. The largest absolute Gasteiger partial charge is 0.484 e. The number of aromatic nitrogens is 2. The van der Waals surface area contributed by atoms with Gasteiger partial charge in [0.15, 0.2) is 6.61 Å². The van der Waals surface area contributed by atoms with Gasteiger partial charge in [-0.1, -0.05) is 30.0 Å². The number of para-hydroxylation sites is 1. The predicted molar refractivity (Wildman–Crippen MR) is 145 cm³/mol. The first-order chi connectivity index (χ1) is 19.0. The van der Waals surface area contributed by atoms with Crippen molar-refractivity contribution in [1.82, 2.24) is 15.1 Å². The van der Waals surface area contributed by atoms with E-state index < -0.39 is 0 Å². The molecular formula is C28H26FN5O4S. The molecular weight excluding hydrogens is 521 g/mol. The molecule has 1 N–H and O–H groups in total. The summed E-state index contributed by atoms with van der Waals surface area (Å²) in [6.07, 6.45) is 0. The molecule has 5 rings (SSSR count). The van der Waals surface area contributed by atoms with E-state index in [4.69, 9.17) is 9.15 Å². The summed E-state index contributed by atoms with van der Waals surface area (Å²) in [6, 6.07) is 22.5. The molecule has 11 heteroatoms. The monoisotopic (exact) mass is 547 g/mol. The molecule has 200 valence electrons. The molecule has 0 aliphatic carbocycles. The molecule has 2 heterocycles. The fourth-order valence-electron chi connectivity index (χ4n) is 4.04. The molecule has 1 fully saturated rings. The highest BCUT2D eigenvalue weighted by atomic mass is 32.2. The molecule has 1 aromatic heterocycles. The van der Waals surface area contributed by atoms with Gasteiger partial charge >= 0.3 is 0 Å². The molecule has 1 saturated heterocycles. The Bertz CT molecular complexity index is 1390. The quantitative estimate of drug-likeness (QED) is 0.306. The SMILES string of the molecule is O=C(CSc1nnc(COc2ccccc2)o1)Nc1ccc(N2CCN(C(=O)c3ccc(F)cc3)CC2)cc1. The van der Waals surface area contributed by atoms with E-state index in [0.717, 1.165) is 17.4 Å². The number of carbonyl (C=O) groups is 2. The lowest BCUT2D eigenvalue weighted by atomic mass is 10.1. The fraction of sp³-hybridized carbons (Fsp3) is 0.214. The van der Waals surface area contributed by atoms with E-state index in [-0.39, 0.29) is 30.0 Å². The summed E-state index contributed by atoms with van der Waals surface area (Å²) in [5, 5.41) is 11.1. The number of amides is 2. The molecule has 9 nitrogen and oxygen atoms in total. The Hall–Kier alpha value is -4.38. The van der Waals surface area contributed by atoms with Crippen molar-refractivity contribution in [2.45, 2.75) is 11.8 Å². The molecule has 1 aliphatic heterocycles. The molecule has 0 unspecified atom stereocenters. The van der Waals surface area contributed by atoms with Crippen LogP contribution in [0.2, 0.25) is 0 Å². The van der Waals surface area contributed by atoms with Crippen molar-refractivity contribution in [3.8, 4) is 5.75 Å². The third-order valence-electron chi connectivity index (χ3n) is 6.05. The lowest BCUT2D eigenvalue weighted by Crippen LogP contribution is -2.48. The van der Waals surface area contributed by atoms with Gasteiger partial charge in [-0.25, -0.2) is 4.39 Å². The van der Waals surface area contributed by atoms with Crippen LogP contribution in [-0.4, -0.2) is 58.8 Å². The highest BCUT2D eigenvalue weighted by Gasteiger charge is 2.22. The van der Waals surface area contributed by atoms with Gasteiger partial charge in [-0.3, -0.25) is 9.59 Å². The van der Waals surface area contributed by atoms with Gasteiger partial charge in [-0.15, -0.1) is 10.2 Å². The number of rotatable bonds is 9. The Kier molecular flexibility index (Phi) is 8.37. The lowest BCUT2D eigenvalue weighted by Gasteiger charge is -2.36. The van der Waals surface area contributed by atoms with Crippen LogP contribution in [-0.2, 0) is 11.4 Å². The standard InChI is InChI=1S/C28H26FN5O4S/c29-21-8-6-20(7-9-21)27(36)34-16-14-33(15-17-34)23-12-10-22(11-13-23)30-25(35)19-39-28-32-31-26(38-28)18-37-24-4-2-1-3-5-24/h1-13H,14-19H2,(H,30,35). The Labute approximate surface area is 229 Å². The summed E-state index contributed by atoms with van der Waals surface area (Å²) in [4.78, 5) is 29.0. The highest BCUT2D eigenvalue weighted by molar-refractivity contribution is 7.99. The number of hydrogen-bond donors (Lipinski definition) is 1. The second-order valence-corrected chi connectivity index (χ2v) is 9.66. The minimum absolute atomic E-state index is 0.0946. The molecule has 4 aromatic rings. The van der Waals surface area contributed by atoms with E-state index in [1.165, 1.54) is 24.3 Å². The van der Waals surface area contributed by atoms with E-state index in [1.807, 2.05) is 54.6 Å². The number of nitrogens with one attached hydrogen (secondary N) is 1. The zero-order valence-corrected chi connectivity index (χ0v) is 21.8. The molecule has 0 atom stereocenters. The number of halogens is 1. The van der Waals surface area contributed by atoms with E-state index in [1.54, 1.807) is 4.90 Å². The minimum atomic E-state index is -0.360. The van der Waals surface area contributed by atoms with Gasteiger partial charge in [0.2, 0.25) is 5.91 Å². The van der Waals surface area contributed by atoms with E-state index >= 15 is 0 Å². The van der Waals surface area contributed by atoms with E-state index in [2.05, 4.69) is 20.4 Å². The highest BCUT2D eigenvalue weighted by Crippen LogP contribution is 2.22. The first kappa shape index (κ1) is 26.2. The van der Waals surface area contributed by atoms with Crippen molar-refractivity contribution in [2.24, 2.45) is 0 Å². The second kappa shape index (κ2) is 12.4. The maximum Gasteiger partial charge on any atom is 0.277 e. The number of nitrogens with zero attached hydrogens (tertiary/aromatic N) is 4. The Balaban J connectivity index is 1.04. The van der Waals surface area contributed by atoms with E-state index in [9.17, 15) is 14.0 Å². The molecule has 39 heavy (non-hydrogen) atoms. The molecule has 0 saturated carbocycles. The van der Waals surface area contributed by atoms with Crippen LogP contribution in [0.1, 0.15) is 16.2 Å². The third-order valence-corrected chi connectivity index (χ3v) is 6.87. The Morgan fingerprint density at radius 3 is 2.36 bits per heavy atom. The van der Waals surface area contributed by atoms with Gasteiger partial charge in [0.05, 0.1) is 5.75 Å². The summed E-state index contributed by atoms with van der Waals surface area (Å²) >= 11 is 1.15. The van der Waals surface area contributed by atoms with Crippen molar-refractivity contribution >= 4 is 35.0 Å². The maximum atomic E-state index is 13.1. The molecule has 1 aliphatic rings. The van der Waals surface area contributed by atoms with Crippen LogP contribution >= 0.6 is 11.8 Å². The lowest BCUT2D eigenvalue weighted by molar-refractivity contribution is -0.113. The average molecular weight is 548 g/mol. The first-order valence-electron chi connectivity index (χ1n) is 12.4. The maximum absolute atomic E-state index is 13.1. The second-order valence-electron chi connectivity index (χ2n) is 8.73. The number of piperazine rings is 1. The van der Waals surface area contributed by atoms with Gasteiger partial charge in [0, 0.05) is 43.1 Å². The van der Waals surface area contributed by atoms with Crippen LogP contribution in [0, 0.1) is 5.82 Å². The van der Waals surface area contributed by atoms with Crippen LogP contribution < -0.4 is 15.0 Å². The first-order valence-corrected chi connectivity index (χ1v) is 13.3. The normalized spacial score (nSPS) is 13.3. The van der Waals surface area contributed by atoms with Crippen LogP contribution in [0.5, 0.6) is 5.75 Å². The molecule has 2 amide bonds. The number of carbonyl (C=O) groups excluding carboxylic acids is 2. The fourth-order valence-corrected chi connectivity index (χ4v) is 4.62. The van der Waals surface area contributed by atoms with Crippen LogP contribution in [0.15, 0.2) is 88.5 Å². The van der Waals surface area contributed by atoms with Gasteiger partial charge in [-0.05, 0) is 60.7 Å². The summed E-state index contributed by atoms with van der Waals surface area (Å²) in [5.41, 5.74) is 2.17. The number of ether oxygens (including phenoxy) is 1. The zero-order valence-electron chi connectivity index (χ0n) is 21.0. The van der Waals surface area contributed by atoms with Crippen molar-refractivity contribution in [3.63, 3.8) is 0 Å². The number of thioether (sulfide) groups is 1. The Morgan fingerprint density at radius 2 is 1.64 bits per heavy atom. The van der Waals surface area contributed by atoms with Crippen LogP contribution in [0.25, 0.3) is 0 Å². The molecule has 0 radical (unpaired) electrons. The summed E-state index contributed by atoms with van der Waals surface area (Å²) < 4.78 is 24.3. The van der Waals surface area contributed by atoms with Gasteiger partial charge < -0.3 is 24.3 Å². The van der Waals surface area contributed by atoms with Crippen LogP contribution in [0.3, 0.4) is 0 Å². The smallest absolute Gasteiger partial charge is 0.277 e. The van der Waals surface area contributed by atoms with Crippen molar-refractivity contribution in [1.29, 1.82) is 0 Å².